The van der Waals surface area contributed by atoms with Crippen LogP contribution in [0.15, 0.2) is 55.0 Å². The van der Waals surface area contributed by atoms with Crippen LogP contribution >= 0.6 is 11.3 Å². The molecule has 36 heavy (non-hydrogen) atoms. The number of aromatic amines is 2. The zero-order chi connectivity index (χ0) is 24.4. The minimum Gasteiger partial charge on any atom is -0.298 e. The largest absolute Gasteiger partial charge is 0.298 e. The van der Waals surface area contributed by atoms with Crippen LogP contribution in [0.1, 0.15) is 24.6 Å². The fraction of sp³-hybridized carbons (Fsp3) is 0.115. The molecule has 0 radical (unpaired) electrons. The standard InChI is InChI=1S/C26H18FN7OS/c1-2-4-19(35)34-14-9-13(10-28-11-14)23-22(27)21-17(12-29-23)32-33-25(21)26-30-16-6-3-5-15(24(16)31-26)18-7-8-20(34)36-18/h3,5-12,32-33H,2,4H2,1H3. The van der Waals surface area contributed by atoms with Gasteiger partial charge in [-0.25, -0.2) is 14.4 Å². The number of nitrogens with one attached hydrogen (secondary N) is 2. The maximum Gasteiger partial charge on any atom is 0.232 e. The molecule has 176 valence electrons. The van der Waals surface area contributed by atoms with Crippen molar-refractivity contribution in [1.82, 2.24) is 34.7 Å². The van der Waals surface area contributed by atoms with E-state index in [1.807, 2.05) is 37.3 Å². The molecule has 4 aromatic heterocycles. The molecule has 7 rings (SSSR count). The SMILES string of the molecule is CCCC(=O)n1c2cncc(c2)c2ncc3[nH][nH]c(c4nc5cccc(c6ccc1s6)c5n4)-c3c2F. The molecule has 0 unspecified atom stereocenters. The lowest BCUT2D eigenvalue weighted by atomic mass is 10.1. The van der Waals surface area contributed by atoms with Gasteiger partial charge >= 0.3 is 0 Å². The van der Waals surface area contributed by atoms with Crippen LogP contribution in [0.2, 0.25) is 0 Å². The second kappa shape index (κ2) is 7.79. The molecule has 0 saturated heterocycles. The molecule has 0 saturated carbocycles. The number of halogens is 1. The summed E-state index contributed by atoms with van der Waals surface area (Å²) in [7, 11) is 0. The lowest BCUT2D eigenvalue weighted by Gasteiger charge is -2.07. The Labute approximate surface area is 206 Å². The molecule has 2 N–H and O–H groups in total. The van der Waals surface area contributed by atoms with E-state index in [1.165, 1.54) is 11.3 Å². The third-order valence-electron chi connectivity index (χ3n) is 6.32. The lowest BCUT2D eigenvalue weighted by molar-refractivity contribution is 0.0912. The van der Waals surface area contributed by atoms with Crippen molar-refractivity contribution < 1.29 is 9.18 Å². The fourth-order valence-corrected chi connectivity index (χ4v) is 5.74. The van der Waals surface area contributed by atoms with Gasteiger partial charge in [0.2, 0.25) is 5.91 Å². The van der Waals surface area contributed by atoms with E-state index in [0.29, 0.717) is 57.2 Å². The van der Waals surface area contributed by atoms with E-state index in [9.17, 15) is 4.79 Å². The highest BCUT2D eigenvalue weighted by Gasteiger charge is 2.20. The first-order valence-corrected chi connectivity index (χ1v) is 12.3. The number of hydrogen-bond acceptors (Lipinski definition) is 6. The van der Waals surface area contributed by atoms with Gasteiger partial charge in [0, 0.05) is 28.1 Å². The number of imidazole rings is 1. The van der Waals surface area contributed by atoms with Crippen LogP contribution in [0.4, 0.5) is 4.39 Å². The van der Waals surface area contributed by atoms with Gasteiger partial charge in [-0.05, 0) is 30.7 Å². The van der Waals surface area contributed by atoms with Gasteiger partial charge in [0.15, 0.2) is 11.5 Å². The molecule has 0 amide bonds. The Morgan fingerprint density at radius 2 is 2.00 bits per heavy atom. The third kappa shape index (κ3) is 3.01. The average molecular weight is 496 g/mol. The van der Waals surface area contributed by atoms with Crippen molar-refractivity contribution in [1.29, 1.82) is 0 Å². The number of thiophene rings is 1. The Kier molecular flexibility index (Phi) is 4.52. The van der Waals surface area contributed by atoms with Crippen molar-refractivity contribution in [3.63, 3.8) is 0 Å². The van der Waals surface area contributed by atoms with Gasteiger partial charge in [-0.15, -0.1) is 11.3 Å². The van der Waals surface area contributed by atoms with Crippen molar-refractivity contribution >= 4 is 70.8 Å². The minimum absolute atomic E-state index is 0.0610. The van der Waals surface area contributed by atoms with Gasteiger partial charge < -0.3 is 0 Å². The van der Waals surface area contributed by atoms with Crippen LogP contribution in [-0.2, 0) is 0 Å². The number of aromatic nitrogens is 7. The normalized spacial score (nSPS) is 11.9. The van der Waals surface area contributed by atoms with Crippen LogP contribution in [0.5, 0.6) is 0 Å². The smallest absolute Gasteiger partial charge is 0.232 e. The highest BCUT2D eigenvalue weighted by atomic mass is 32.1. The summed E-state index contributed by atoms with van der Waals surface area (Å²) in [6.45, 7) is 1.96. The maximum absolute atomic E-state index is 16.0. The second-order valence-electron chi connectivity index (χ2n) is 8.60. The van der Waals surface area contributed by atoms with Crippen LogP contribution in [0, 0.1) is 5.82 Å². The third-order valence-corrected chi connectivity index (χ3v) is 7.42. The predicted octanol–water partition coefficient (Wildman–Crippen LogP) is 6.36. The predicted molar refractivity (Wildman–Crippen MR) is 139 cm³/mol. The monoisotopic (exact) mass is 495 g/mol. The number of carbonyl (C=O) groups is 1. The number of benzene rings is 1. The Bertz CT molecular complexity index is 2010. The number of H-pyrrole nitrogens is 2. The Morgan fingerprint density at radius 3 is 2.89 bits per heavy atom. The summed E-state index contributed by atoms with van der Waals surface area (Å²) in [5.41, 5.74) is 3.75. The summed E-state index contributed by atoms with van der Waals surface area (Å²) >= 11 is 1.49. The maximum atomic E-state index is 16.0. The van der Waals surface area contributed by atoms with Crippen molar-refractivity contribution in [2.24, 2.45) is 0 Å². The van der Waals surface area contributed by atoms with Gasteiger partial charge in [-0.2, -0.15) is 0 Å². The zero-order valence-electron chi connectivity index (χ0n) is 19.0. The molecule has 0 atom stereocenters. The van der Waals surface area contributed by atoms with Crippen LogP contribution in [0.3, 0.4) is 0 Å². The molecule has 8 nitrogen and oxygen atoms in total. The number of para-hydroxylation sites is 1. The summed E-state index contributed by atoms with van der Waals surface area (Å²) in [6, 6.07) is 11.5. The van der Waals surface area contributed by atoms with Crippen molar-refractivity contribution in [3.05, 3.63) is 60.8 Å². The molecule has 0 spiro atoms. The first-order valence-electron chi connectivity index (χ1n) is 11.5. The van der Waals surface area contributed by atoms with Gasteiger partial charge in [-0.1, -0.05) is 19.1 Å². The molecule has 0 fully saturated rings. The summed E-state index contributed by atoms with van der Waals surface area (Å²) in [5, 5.41) is 7.37. The Hall–Kier alpha value is -4.44. The minimum atomic E-state index is -0.521. The van der Waals surface area contributed by atoms with Gasteiger partial charge in [-0.3, -0.25) is 29.5 Å². The van der Waals surface area contributed by atoms with Crippen molar-refractivity contribution in [2.45, 2.75) is 19.8 Å². The lowest BCUT2D eigenvalue weighted by Crippen LogP contribution is -2.10. The quantitative estimate of drug-likeness (QED) is 0.290. The molecule has 0 aliphatic carbocycles. The number of nitrogens with zero attached hydrogens (tertiary/aromatic N) is 5. The van der Waals surface area contributed by atoms with E-state index >= 15 is 4.39 Å². The summed E-state index contributed by atoms with van der Waals surface area (Å²) in [6.07, 6.45) is 5.81. The highest BCUT2D eigenvalue weighted by Crippen LogP contribution is 2.34. The first-order chi connectivity index (χ1) is 17.6. The van der Waals surface area contributed by atoms with E-state index in [-0.39, 0.29) is 11.4 Å². The Morgan fingerprint density at radius 1 is 1.08 bits per heavy atom. The number of fused-ring (bicyclic) bond motifs is 9. The summed E-state index contributed by atoms with van der Waals surface area (Å²) < 4.78 is 18.6. The molecule has 1 aromatic carbocycles. The summed E-state index contributed by atoms with van der Waals surface area (Å²) in [5.74, 6) is -0.582. The molecule has 6 heterocycles. The highest BCUT2D eigenvalue weighted by molar-refractivity contribution is 7.24. The van der Waals surface area contributed by atoms with Gasteiger partial charge in [0.05, 0.1) is 40.0 Å². The number of rotatable bonds is 2. The van der Waals surface area contributed by atoms with E-state index in [1.54, 1.807) is 29.2 Å². The molecule has 2 aliphatic heterocycles. The number of hydrogen-bond donors (Lipinski definition) is 2. The topological polar surface area (TPSA) is 105 Å². The van der Waals surface area contributed by atoms with Gasteiger partial charge in [0.1, 0.15) is 16.0 Å². The van der Waals surface area contributed by atoms with E-state index < -0.39 is 5.82 Å². The zero-order valence-corrected chi connectivity index (χ0v) is 19.9. The molecule has 5 aromatic rings. The second-order valence-corrected chi connectivity index (χ2v) is 9.67. The molecule has 2 aliphatic rings. The van der Waals surface area contributed by atoms with Gasteiger partial charge in [0.25, 0.3) is 0 Å². The molecular weight excluding hydrogens is 477 g/mol. The first kappa shape index (κ1) is 20.9. The fourth-order valence-electron chi connectivity index (χ4n) is 4.67. The van der Waals surface area contributed by atoms with Crippen LogP contribution < -0.4 is 0 Å². The molecule has 8 bridgehead atoms. The molecule has 10 heteroatoms. The number of carbonyl (C=O) groups excluding carboxylic acids is 1. The van der Waals surface area contributed by atoms with E-state index in [0.717, 1.165) is 14.9 Å². The Balaban J connectivity index is 1.75. The summed E-state index contributed by atoms with van der Waals surface area (Å²) in [4.78, 5) is 32.3. The molecular formula is C26H18FN7OS. The van der Waals surface area contributed by atoms with E-state index in [2.05, 4.69) is 20.2 Å². The van der Waals surface area contributed by atoms with Crippen molar-refractivity contribution in [2.75, 3.05) is 0 Å². The number of pyridine rings is 2. The average Bonchev–Trinajstić information content (AvgIpc) is 3.62. The van der Waals surface area contributed by atoms with Crippen LogP contribution in [0.25, 0.3) is 64.8 Å². The van der Waals surface area contributed by atoms with Crippen molar-refractivity contribution in [3.8, 4) is 11.3 Å². The van der Waals surface area contributed by atoms with E-state index in [4.69, 9.17) is 9.97 Å². The van der Waals surface area contributed by atoms with Crippen LogP contribution in [-0.4, -0.2) is 40.6 Å².